The standard InChI is InChI=1S/C31H36O5.C27H37FO4.C27H38O4.C26H36O4/c1-19-16-24-25(29(3)13-10-22(33)18-27(19)29)11-14-30(4)26(24)12-15-31(30,20(2)32)36-28(34)17-21-6-8-23(35-5)9-7-21;1-17-15-20-21(25(3)11-8-19(30)16-23(17)25)9-12-26(4)22(20)10-13-27(26,18(2)29)32-24(31)7-5-6-14-28;1-7-8-24(30)31-27(18(4)28)12-10-21-20-13-16(2)23-15-19(29)14-17(3)26(23,6)22(20)9-11-25(21,27)5;1-7-23(29)30-26(17(4)27)11-9-20-19-12-15(2)22-14-18(28)13-16(3)25(22,6)21(19)8-10-24(20,26)5/h6-10,13,16,18,24-26H,11-12,14-15,17H2,1-5H3;15-16,20-22H,5-14H2,1-4H3;13,15,17,20-22H,7-12,14H2,1-6H3;12,14,16,19-21H,7-11,13H2,1-6H3/t24?,25?,26?,29-,30+,31+;20?,21?,22?,25-,26+,27-;17-,20?,21?,22?,25-,26+,27+;16-,19?,20?,21?,24-,25+,26-/m1100/s1. The van der Waals surface area contributed by atoms with Crippen LogP contribution in [0.25, 0.3) is 0 Å². The zero-order chi connectivity index (χ0) is 94.0. The van der Waals surface area contributed by atoms with Crippen LogP contribution in [0.4, 0.5) is 4.39 Å². The van der Waals surface area contributed by atoms with Crippen LogP contribution in [0.3, 0.4) is 0 Å². The van der Waals surface area contributed by atoms with Crippen LogP contribution in [0.2, 0.25) is 0 Å². The van der Waals surface area contributed by atoms with E-state index in [4.69, 9.17) is 23.7 Å². The van der Waals surface area contributed by atoms with E-state index in [0.29, 0.717) is 136 Å². The van der Waals surface area contributed by atoms with Crippen LogP contribution in [0, 0.1) is 126 Å². The lowest BCUT2D eigenvalue weighted by molar-refractivity contribution is -0.187. The number of alkyl halides is 1. The number of benzene rings is 1. The number of carbonyl (C=O) groups excluding carboxylic acids is 12. The van der Waals surface area contributed by atoms with Crippen molar-refractivity contribution in [2.45, 2.75) is 334 Å². The summed E-state index contributed by atoms with van der Waals surface area (Å²) >= 11 is 0. The van der Waals surface area contributed by atoms with E-state index in [9.17, 15) is 61.9 Å². The molecule has 0 bridgehead atoms. The number of Topliss-reactive ketones (excluding diaryl/α,β-unsaturated/α-hetero) is 4. The van der Waals surface area contributed by atoms with Gasteiger partial charge in [0.05, 0.1) is 20.2 Å². The van der Waals surface area contributed by atoms with Crippen molar-refractivity contribution in [2.24, 2.45) is 126 Å². The summed E-state index contributed by atoms with van der Waals surface area (Å²) in [6, 6.07) is 7.36. The Morgan fingerprint density at radius 1 is 0.411 bits per heavy atom. The summed E-state index contributed by atoms with van der Waals surface area (Å²) in [5, 5.41) is 0. The molecular formula is C111H147FO17. The summed E-state index contributed by atoms with van der Waals surface area (Å²) in [6.07, 6.45) is 39.0. The smallest absolute Gasteiger partial charge is 0.311 e. The molecule has 16 aliphatic rings. The fourth-order valence-corrected chi connectivity index (χ4v) is 31.7. The first-order valence-electron chi connectivity index (χ1n) is 49.2. The quantitative estimate of drug-likeness (QED) is 0.0752. The van der Waals surface area contributed by atoms with Crippen LogP contribution in [-0.4, -0.2) is 106 Å². The van der Waals surface area contributed by atoms with Gasteiger partial charge in [-0.2, -0.15) is 0 Å². The minimum Gasteiger partial charge on any atom is -0.497 e. The molecule has 12 unspecified atom stereocenters. The van der Waals surface area contributed by atoms with Crippen molar-refractivity contribution >= 4 is 70.1 Å². The molecule has 16 aliphatic carbocycles. The molecule has 17 rings (SSSR count). The molecule has 1 aromatic carbocycles. The minimum atomic E-state index is -1.11. The van der Waals surface area contributed by atoms with Crippen LogP contribution in [0.1, 0.15) is 311 Å². The van der Waals surface area contributed by atoms with Gasteiger partial charge in [0.25, 0.3) is 0 Å². The molecule has 0 spiro atoms. The van der Waals surface area contributed by atoms with Crippen molar-refractivity contribution in [1.29, 1.82) is 0 Å². The lowest BCUT2D eigenvalue weighted by Gasteiger charge is -2.59. The van der Waals surface area contributed by atoms with E-state index >= 15 is 0 Å². The van der Waals surface area contributed by atoms with Gasteiger partial charge < -0.3 is 23.7 Å². The van der Waals surface area contributed by atoms with Crippen LogP contribution in [-0.2, 0) is 82.9 Å². The first-order chi connectivity index (χ1) is 60.6. The van der Waals surface area contributed by atoms with E-state index in [1.807, 2.05) is 49.4 Å². The Morgan fingerprint density at radius 3 is 1.19 bits per heavy atom. The van der Waals surface area contributed by atoms with Gasteiger partial charge in [0.1, 0.15) is 5.75 Å². The van der Waals surface area contributed by atoms with Crippen molar-refractivity contribution in [2.75, 3.05) is 13.8 Å². The van der Waals surface area contributed by atoms with E-state index in [2.05, 4.69) is 127 Å². The van der Waals surface area contributed by atoms with E-state index in [0.717, 1.165) is 112 Å². The fourth-order valence-electron chi connectivity index (χ4n) is 31.7. The lowest BCUT2D eigenvalue weighted by atomic mass is 9.45. The van der Waals surface area contributed by atoms with Gasteiger partial charge in [-0.1, -0.05) is 148 Å². The third-order valence-electron chi connectivity index (χ3n) is 39.0. The monoisotopic (exact) mass is 1770 g/mol. The number of ketones is 8. The maximum Gasteiger partial charge on any atom is 0.311 e. The second-order valence-electron chi connectivity index (χ2n) is 44.6. The maximum absolute atomic E-state index is 13.3. The first kappa shape index (κ1) is 96.9. The number of fused-ring (bicyclic) bond motifs is 20. The van der Waals surface area contributed by atoms with Crippen molar-refractivity contribution in [3.8, 4) is 5.75 Å². The summed E-state index contributed by atoms with van der Waals surface area (Å²) in [5.41, 5.74) is 4.45. The Labute approximate surface area is 766 Å². The third-order valence-corrected chi connectivity index (χ3v) is 39.0. The molecule has 8 saturated carbocycles. The number of rotatable bonds is 18. The van der Waals surface area contributed by atoms with Crippen LogP contribution >= 0.6 is 0 Å². The highest BCUT2D eigenvalue weighted by atomic mass is 19.1. The number of ether oxygens (including phenoxy) is 5. The molecule has 17 nitrogen and oxygen atoms in total. The number of hydrogen-bond donors (Lipinski definition) is 0. The second-order valence-corrected chi connectivity index (χ2v) is 44.6. The molecule has 129 heavy (non-hydrogen) atoms. The lowest BCUT2D eigenvalue weighted by Crippen LogP contribution is -2.59. The number of carbonyl (C=O) groups is 12. The molecule has 0 aromatic heterocycles. The maximum atomic E-state index is 13.3. The molecule has 0 radical (unpaired) electrons. The van der Waals surface area contributed by atoms with Gasteiger partial charge in [0.15, 0.2) is 68.7 Å². The highest BCUT2D eigenvalue weighted by Crippen LogP contribution is 2.74. The van der Waals surface area contributed by atoms with Gasteiger partial charge in [-0.3, -0.25) is 61.9 Å². The second kappa shape index (κ2) is 35.3. The van der Waals surface area contributed by atoms with Gasteiger partial charge in [-0.25, -0.2) is 0 Å². The average molecular weight is 1770 g/mol. The first-order valence-corrected chi connectivity index (χ1v) is 49.2. The zero-order valence-electron chi connectivity index (χ0n) is 81.3. The third kappa shape index (κ3) is 15.3. The average Bonchev–Trinajstić information content (AvgIpc) is 1.61. The minimum absolute atomic E-state index is 0.000316. The Kier molecular flexibility index (Phi) is 26.5. The summed E-state index contributed by atoms with van der Waals surface area (Å²) in [5.74, 6) is 4.81. The molecule has 8 fully saturated rings. The van der Waals surface area contributed by atoms with Gasteiger partial charge >= 0.3 is 23.9 Å². The molecular weight excluding hydrogens is 1620 g/mol. The molecule has 700 valence electrons. The number of hydrogen-bond acceptors (Lipinski definition) is 17. The predicted molar refractivity (Wildman–Crippen MR) is 494 cm³/mol. The van der Waals surface area contributed by atoms with Gasteiger partial charge in [-0.15, -0.1) is 0 Å². The SMILES string of the molecule is CC(=O)[C@]1(OC(=O)CCCCF)CCC2C3C=C(C)C4=CC(=O)CC[C@]4(C)C3CC[C@@]21C.CCC(=O)O[C@]1(C(C)=O)CCC2C3C=C(C)C4=CC(=O)C[C@H](C)[C@]4(C)C3CC[C@@]21C.CCCC(=O)O[C@@]1(C(C)=O)CCC2C3C=C(C)C4=CC(=O)C[C@H](C)[C@]4(C)C3CC[C@@]21C.COc1ccc(CC(=O)O[C@]2(C(C)=O)CCC3C4C=C(C)C5=CC(=O)C=C[C@]5(C)C4CC[C@@]32C)cc1. The molecule has 18 heteroatoms. The Morgan fingerprint density at radius 2 is 0.775 bits per heavy atom. The molecule has 26 atom stereocenters. The van der Waals surface area contributed by atoms with Crippen molar-refractivity contribution in [3.05, 3.63) is 135 Å². The Hall–Kier alpha value is -8.15. The highest BCUT2D eigenvalue weighted by molar-refractivity contribution is 6.02. The Balaban J connectivity index is 0.000000139. The van der Waals surface area contributed by atoms with E-state index in [1.165, 1.54) is 33.4 Å². The zero-order valence-corrected chi connectivity index (χ0v) is 81.3. The summed E-state index contributed by atoms with van der Waals surface area (Å²) in [7, 11) is 1.61. The van der Waals surface area contributed by atoms with E-state index in [1.54, 1.807) is 53.9 Å². The van der Waals surface area contributed by atoms with Crippen molar-refractivity contribution in [3.63, 3.8) is 0 Å². The number of methoxy groups -OCH3 is 1. The highest BCUT2D eigenvalue weighted by Gasteiger charge is 2.73. The van der Waals surface area contributed by atoms with Gasteiger partial charge in [0, 0.05) is 65.6 Å². The molecule has 0 heterocycles. The molecule has 0 amide bonds. The summed E-state index contributed by atoms with van der Waals surface area (Å²) in [6.45, 7) is 40.6. The van der Waals surface area contributed by atoms with E-state index < -0.39 is 39.9 Å². The molecule has 1 aromatic rings. The largest absolute Gasteiger partial charge is 0.497 e. The number of halogens is 1. The topological polar surface area (TPSA) is 251 Å². The summed E-state index contributed by atoms with van der Waals surface area (Å²) in [4.78, 5) is 152. The van der Waals surface area contributed by atoms with Crippen molar-refractivity contribution in [1.82, 2.24) is 0 Å². The van der Waals surface area contributed by atoms with Crippen molar-refractivity contribution < 1.29 is 85.6 Å². The Bertz CT molecular complexity index is 5070. The molecule has 0 aliphatic heterocycles. The number of esters is 4. The normalized spacial score (nSPS) is 41.3. The summed E-state index contributed by atoms with van der Waals surface area (Å²) < 4.78 is 42.0. The van der Waals surface area contributed by atoms with Gasteiger partial charge in [0.2, 0.25) is 0 Å². The molecule has 0 saturated heterocycles. The van der Waals surface area contributed by atoms with Crippen LogP contribution in [0.15, 0.2) is 130 Å². The molecule has 0 N–H and O–H groups in total. The van der Waals surface area contributed by atoms with E-state index in [-0.39, 0.29) is 133 Å². The predicted octanol–water partition coefficient (Wildman–Crippen LogP) is 22.1. The van der Waals surface area contributed by atoms with Crippen LogP contribution < -0.4 is 4.74 Å². The number of unbranched alkanes of at least 4 members (excludes halogenated alkanes) is 1. The number of allylic oxidation sites excluding steroid dienone is 18. The van der Waals surface area contributed by atoms with Gasteiger partial charge in [-0.05, 0) is 353 Å². The van der Waals surface area contributed by atoms with Crippen LogP contribution in [0.5, 0.6) is 5.75 Å². The fraction of sp³-hybridized carbons (Fsp3) is 0.676.